The van der Waals surface area contributed by atoms with Gasteiger partial charge >= 0.3 is 5.97 Å². The van der Waals surface area contributed by atoms with Gasteiger partial charge in [0.05, 0.1) is 0 Å². The molecule has 2 unspecified atom stereocenters. The Bertz CT molecular complexity index is 321. The van der Waals surface area contributed by atoms with E-state index in [0.717, 1.165) is 0 Å². The minimum atomic E-state index is -1.55. The maximum atomic E-state index is 10.7. The van der Waals surface area contributed by atoms with Crippen LogP contribution in [0.5, 0.6) is 0 Å². The van der Waals surface area contributed by atoms with Crippen molar-refractivity contribution in [3.05, 3.63) is 24.0 Å². The van der Waals surface area contributed by atoms with Gasteiger partial charge in [-0.25, -0.2) is 4.79 Å². The average Bonchev–Trinajstić information content (AvgIpc) is 2.60. The van der Waals surface area contributed by atoms with Crippen molar-refractivity contribution in [1.82, 2.24) is 0 Å². The Morgan fingerprint density at radius 2 is 2.33 bits per heavy atom. The van der Waals surface area contributed by atoms with Gasteiger partial charge in [0.2, 0.25) is 11.3 Å². The number of fused-ring (bicyclic) bond motifs is 1. The van der Waals surface area contributed by atoms with Crippen molar-refractivity contribution in [2.45, 2.75) is 11.3 Å². The smallest absolute Gasteiger partial charge is 0.345 e. The molecular weight excluding hydrogens is 162 g/mol. The lowest BCUT2D eigenvalue weighted by atomic mass is 9.94. The van der Waals surface area contributed by atoms with Gasteiger partial charge in [-0.15, -0.1) is 0 Å². The second-order valence-corrected chi connectivity index (χ2v) is 2.79. The van der Waals surface area contributed by atoms with Gasteiger partial charge in [-0.05, 0) is 12.2 Å². The van der Waals surface area contributed by atoms with E-state index in [4.69, 9.17) is 15.6 Å². The molecule has 2 atom stereocenters. The average molecular weight is 169 g/mol. The third kappa shape index (κ3) is 0.542. The molecular formula is C7H7NO4. The fraction of sp³-hybridized carbons (Fsp3) is 0.286. The Labute approximate surface area is 67.7 Å². The van der Waals surface area contributed by atoms with Crippen molar-refractivity contribution < 1.29 is 19.7 Å². The summed E-state index contributed by atoms with van der Waals surface area (Å²) in [7, 11) is 0. The number of rotatable bonds is 1. The fourth-order valence-corrected chi connectivity index (χ4v) is 1.30. The molecule has 0 aromatic rings. The summed E-state index contributed by atoms with van der Waals surface area (Å²) in [5, 5.41) is 17.9. The van der Waals surface area contributed by atoms with E-state index in [9.17, 15) is 9.90 Å². The molecule has 0 radical (unpaired) electrons. The lowest BCUT2D eigenvalue weighted by Gasteiger charge is -2.11. The molecule has 0 aromatic heterocycles. The molecule has 5 nitrogen and oxygen atoms in total. The lowest BCUT2D eigenvalue weighted by molar-refractivity contribution is -0.141. The number of hydrogen-bond acceptors (Lipinski definition) is 4. The summed E-state index contributed by atoms with van der Waals surface area (Å²) in [6.45, 7) is 0. The number of aliphatic hydroxyl groups is 1. The highest BCUT2D eigenvalue weighted by Crippen LogP contribution is 2.51. The van der Waals surface area contributed by atoms with Crippen LogP contribution in [-0.2, 0) is 9.53 Å². The van der Waals surface area contributed by atoms with Crippen molar-refractivity contribution in [1.29, 1.82) is 0 Å². The van der Waals surface area contributed by atoms with Gasteiger partial charge in [-0.1, -0.05) is 6.08 Å². The van der Waals surface area contributed by atoms with Crippen molar-refractivity contribution >= 4 is 5.97 Å². The second-order valence-electron chi connectivity index (χ2n) is 2.79. The van der Waals surface area contributed by atoms with E-state index < -0.39 is 17.3 Å². The number of carboxylic acids is 1. The summed E-state index contributed by atoms with van der Waals surface area (Å²) in [6.07, 6.45) is 4.03. The highest BCUT2D eigenvalue weighted by Gasteiger charge is 2.75. The maximum absolute atomic E-state index is 10.7. The minimum Gasteiger partial charge on any atom is -0.508 e. The topological polar surface area (TPSA) is 96.1 Å². The number of ether oxygens (including phenoxy) is 1. The van der Waals surface area contributed by atoms with Gasteiger partial charge in [-0.2, -0.15) is 0 Å². The standard InChI is InChI=1S/C7H7NO4/c8-7-4(9)2-1-3-6(7,12-7)5(10)11/h1-3,9H,8H2,(H,10,11). The van der Waals surface area contributed by atoms with E-state index in [-0.39, 0.29) is 5.76 Å². The SMILES string of the molecule is NC12OC1(C(=O)O)C=CC=C2O. The molecule has 0 amide bonds. The lowest BCUT2D eigenvalue weighted by Crippen LogP contribution is -2.41. The molecule has 0 spiro atoms. The molecule has 0 aromatic carbocycles. The van der Waals surface area contributed by atoms with Crippen LogP contribution in [0.3, 0.4) is 0 Å². The largest absolute Gasteiger partial charge is 0.508 e. The van der Waals surface area contributed by atoms with Gasteiger partial charge in [-0.3, -0.25) is 5.73 Å². The summed E-state index contributed by atoms with van der Waals surface area (Å²) >= 11 is 0. The number of epoxide rings is 1. The summed E-state index contributed by atoms with van der Waals surface area (Å²) in [4.78, 5) is 10.7. The molecule has 1 saturated heterocycles. The van der Waals surface area contributed by atoms with Crippen molar-refractivity contribution in [2.24, 2.45) is 5.73 Å². The Balaban J connectivity index is 2.45. The number of carboxylic acid groups (broad SMARTS) is 1. The summed E-state index contributed by atoms with van der Waals surface area (Å²) in [5.41, 5.74) is 2.36. The molecule has 1 aliphatic carbocycles. The van der Waals surface area contributed by atoms with E-state index in [1.54, 1.807) is 0 Å². The third-order valence-corrected chi connectivity index (χ3v) is 2.12. The Hall–Kier alpha value is -1.33. The number of allylic oxidation sites excluding steroid dienone is 2. The number of aliphatic hydroxyl groups excluding tert-OH is 1. The van der Waals surface area contributed by atoms with Crippen molar-refractivity contribution in [3.8, 4) is 0 Å². The molecule has 12 heavy (non-hydrogen) atoms. The number of aliphatic carboxylic acids is 1. The maximum Gasteiger partial charge on any atom is 0.345 e. The van der Waals surface area contributed by atoms with Crippen LogP contribution in [0.25, 0.3) is 0 Å². The van der Waals surface area contributed by atoms with Gasteiger partial charge in [0.1, 0.15) is 5.76 Å². The van der Waals surface area contributed by atoms with Crippen LogP contribution < -0.4 is 5.73 Å². The quantitative estimate of drug-likeness (QED) is 0.460. The zero-order valence-corrected chi connectivity index (χ0v) is 6.02. The molecule has 2 aliphatic rings. The van der Waals surface area contributed by atoms with Gasteiger partial charge < -0.3 is 14.9 Å². The van der Waals surface area contributed by atoms with Crippen molar-refractivity contribution in [2.75, 3.05) is 0 Å². The van der Waals surface area contributed by atoms with Gasteiger partial charge in [0, 0.05) is 0 Å². The Morgan fingerprint density at radius 3 is 2.83 bits per heavy atom. The fourth-order valence-electron chi connectivity index (χ4n) is 1.30. The van der Waals surface area contributed by atoms with Gasteiger partial charge in [0.25, 0.3) is 0 Å². The number of hydrogen-bond donors (Lipinski definition) is 3. The Morgan fingerprint density at radius 1 is 1.67 bits per heavy atom. The summed E-state index contributed by atoms with van der Waals surface area (Å²) < 4.78 is 4.80. The molecule has 1 heterocycles. The zero-order chi connectivity index (χ0) is 8.98. The second kappa shape index (κ2) is 1.70. The third-order valence-electron chi connectivity index (χ3n) is 2.12. The number of carbonyl (C=O) groups is 1. The first-order valence-electron chi connectivity index (χ1n) is 3.34. The van der Waals surface area contributed by atoms with Crippen molar-refractivity contribution in [3.63, 3.8) is 0 Å². The molecule has 2 rings (SSSR count). The van der Waals surface area contributed by atoms with Crippen LogP contribution >= 0.6 is 0 Å². The van der Waals surface area contributed by atoms with Crippen LogP contribution in [-0.4, -0.2) is 27.5 Å². The first-order chi connectivity index (χ1) is 5.53. The van der Waals surface area contributed by atoms with Gasteiger partial charge in [0.15, 0.2) is 0 Å². The van der Waals surface area contributed by atoms with Crippen LogP contribution in [0.2, 0.25) is 0 Å². The van der Waals surface area contributed by atoms with Crippen LogP contribution in [0.1, 0.15) is 0 Å². The molecule has 0 bridgehead atoms. The predicted octanol–water partition coefficient (Wildman–Crippen LogP) is -0.493. The van der Waals surface area contributed by atoms with E-state index >= 15 is 0 Å². The first-order valence-corrected chi connectivity index (χ1v) is 3.34. The van der Waals surface area contributed by atoms with E-state index in [1.807, 2.05) is 0 Å². The Kier molecular flexibility index (Phi) is 1.04. The first kappa shape index (κ1) is 7.33. The monoisotopic (exact) mass is 169 g/mol. The highest BCUT2D eigenvalue weighted by molar-refractivity contribution is 5.87. The molecule has 0 saturated carbocycles. The van der Waals surface area contributed by atoms with Crippen LogP contribution in [0.15, 0.2) is 24.0 Å². The molecule has 5 heteroatoms. The summed E-state index contributed by atoms with van der Waals surface area (Å²) in [5.74, 6) is -1.45. The van der Waals surface area contributed by atoms with Crippen LogP contribution in [0.4, 0.5) is 0 Å². The van der Waals surface area contributed by atoms with E-state index in [1.165, 1.54) is 18.2 Å². The molecule has 64 valence electrons. The predicted molar refractivity (Wildman–Crippen MR) is 38.2 cm³/mol. The zero-order valence-electron chi connectivity index (χ0n) is 6.02. The highest BCUT2D eigenvalue weighted by atomic mass is 16.7. The minimum absolute atomic E-state index is 0.257. The van der Waals surface area contributed by atoms with Crippen LogP contribution in [0, 0.1) is 0 Å². The normalized spacial score (nSPS) is 43.2. The summed E-state index contributed by atoms with van der Waals surface area (Å²) in [6, 6.07) is 0. The molecule has 1 aliphatic heterocycles. The van der Waals surface area contributed by atoms with E-state index in [2.05, 4.69) is 0 Å². The molecule has 1 fully saturated rings. The molecule has 4 N–H and O–H groups in total. The number of nitrogens with two attached hydrogens (primary N) is 1. The van der Waals surface area contributed by atoms with E-state index in [0.29, 0.717) is 0 Å².